The van der Waals surface area contributed by atoms with Crippen molar-refractivity contribution in [3.05, 3.63) is 50.4 Å². The van der Waals surface area contributed by atoms with Gasteiger partial charge in [-0.2, -0.15) is 0 Å². The normalized spacial score (nSPS) is 10.2. The first-order chi connectivity index (χ1) is 9.06. The van der Waals surface area contributed by atoms with E-state index in [2.05, 4.69) is 26.2 Å². The van der Waals surface area contributed by atoms with Gasteiger partial charge in [0.15, 0.2) is 10.7 Å². The predicted octanol–water partition coefficient (Wildman–Crippen LogP) is 2.53. The number of amides is 1. The van der Waals surface area contributed by atoms with E-state index in [4.69, 9.17) is 5.11 Å². The number of carbonyl (C=O) groups is 2. The number of carbonyl (C=O) groups excluding carboxylic acids is 1. The summed E-state index contributed by atoms with van der Waals surface area (Å²) in [6.07, 6.45) is 0. The molecule has 0 radical (unpaired) electrons. The molecule has 2 N–H and O–H groups in total. The number of nitrogens with zero attached hydrogens (tertiary/aromatic N) is 1. The Morgan fingerprint density at radius 2 is 2.21 bits per heavy atom. The summed E-state index contributed by atoms with van der Waals surface area (Å²) in [7, 11) is 0. The average Bonchev–Trinajstić information content (AvgIpc) is 2.86. The Balaban J connectivity index is 1.99. The van der Waals surface area contributed by atoms with Crippen LogP contribution in [0.5, 0.6) is 0 Å². The molecule has 0 aliphatic carbocycles. The molecular weight excluding hydrogens is 332 g/mol. The number of hydrogen-bond acceptors (Lipinski definition) is 4. The molecule has 0 spiro atoms. The van der Waals surface area contributed by atoms with Gasteiger partial charge < -0.3 is 10.4 Å². The fraction of sp³-hybridized carbons (Fsp3) is 0.0833. The van der Waals surface area contributed by atoms with Crippen LogP contribution in [-0.2, 0) is 6.54 Å². The predicted molar refractivity (Wildman–Crippen MR) is 74.4 cm³/mol. The molecule has 0 atom stereocenters. The number of nitrogens with one attached hydrogen (secondary N) is 1. The number of carboxylic acid groups (broad SMARTS) is 1. The van der Waals surface area contributed by atoms with Gasteiger partial charge in [-0.1, -0.05) is 28.1 Å². The Morgan fingerprint density at radius 1 is 1.42 bits per heavy atom. The lowest BCUT2D eigenvalue weighted by atomic mass is 10.2. The number of hydrogen-bond donors (Lipinski definition) is 2. The molecule has 0 saturated carbocycles. The Labute approximate surface area is 121 Å². The first-order valence-corrected chi connectivity index (χ1v) is 6.95. The second-order valence-electron chi connectivity index (χ2n) is 3.66. The standard InChI is InChI=1S/C12H9BrN2O3S/c13-8-3-1-2-7(4-8)5-14-10(16)11-15-9(6-19-11)12(17)18/h1-4,6H,5H2,(H,14,16)(H,17,18). The highest BCUT2D eigenvalue weighted by molar-refractivity contribution is 9.10. The van der Waals surface area contributed by atoms with Gasteiger partial charge in [0.25, 0.3) is 5.91 Å². The van der Waals surface area contributed by atoms with Crippen LogP contribution in [0.4, 0.5) is 0 Å². The maximum atomic E-state index is 11.8. The van der Waals surface area contributed by atoms with Gasteiger partial charge in [0.05, 0.1) is 0 Å². The van der Waals surface area contributed by atoms with Crippen LogP contribution in [-0.4, -0.2) is 22.0 Å². The monoisotopic (exact) mass is 340 g/mol. The van der Waals surface area contributed by atoms with E-state index in [1.54, 1.807) is 0 Å². The minimum Gasteiger partial charge on any atom is -0.476 e. The van der Waals surface area contributed by atoms with Crippen LogP contribution in [0.2, 0.25) is 0 Å². The molecule has 1 aromatic carbocycles. The van der Waals surface area contributed by atoms with Gasteiger partial charge in [-0.15, -0.1) is 11.3 Å². The summed E-state index contributed by atoms with van der Waals surface area (Å²) in [5.74, 6) is -1.51. The van der Waals surface area contributed by atoms with Crippen molar-refractivity contribution in [3.8, 4) is 0 Å². The molecule has 1 heterocycles. The van der Waals surface area contributed by atoms with Gasteiger partial charge in [-0.3, -0.25) is 4.79 Å². The molecule has 98 valence electrons. The number of thiazole rings is 1. The number of rotatable bonds is 4. The van der Waals surface area contributed by atoms with Crippen LogP contribution in [0.1, 0.15) is 25.9 Å². The molecule has 2 aromatic rings. The summed E-state index contributed by atoms with van der Waals surface area (Å²) in [4.78, 5) is 26.2. The van der Waals surface area contributed by atoms with E-state index in [0.29, 0.717) is 6.54 Å². The molecule has 0 saturated heterocycles. The Kier molecular flexibility index (Phi) is 4.28. The van der Waals surface area contributed by atoms with Crippen molar-refractivity contribution in [1.29, 1.82) is 0 Å². The second-order valence-corrected chi connectivity index (χ2v) is 5.43. The van der Waals surface area contributed by atoms with Crippen LogP contribution in [0.3, 0.4) is 0 Å². The number of carboxylic acids is 1. The second kappa shape index (κ2) is 5.94. The third kappa shape index (κ3) is 3.62. The van der Waals surface area contributed by atoms with Gasteiger partial charge in [0.2, 0.25) is 0 Å². The number of aromatic nitrogens is 1. The van der Waals surface area contributed by atoms with Crippen molar-refractivity contribution in [1.82, 2.24) is 10.3 Å². The van der Waals surface area contributed by atoms with Gasteiger partial charge in [-0.25, -0.2) is 9.78 Å². The maximum absolute atomic E-state index is 11.8. The lowest BCUT2D eigenvalue weighted by Crippen LogP contribution is -2.22. The molecule has 0 aliphatic rings. The van der Waals surface area contributed by atoms with Gasteiger partial charge in [0.1, 0.15) is 0 Å². The summed E-state index contributed by atoms with van der Waals surface area (Å²) >= 11 is 4.36. The molecule has 0 fully saturated rings. The fourth-order valence-electron chi connectivity index (χ4n) is 1.38. The lowest BCUT2D eigenvalue weighted by molar-refractivity contribution is 0.0691. The van der Waals surface area contributed by atoms with Crippen LogP contribution < -0.4 is 5.32 Å². The largest absolute Gasteiger partial charge is 0.476 e. The molecule has 5 nitrogen and oxygen atoms in total. The van der Waals surface area contributed by atoms with E-state index in [9.17, 15) is 9.59 Å². The van der Waals surface area contributed by atoms with Gasteiger partial charge in [0, 0.05) is 16.4 Å². The van der Waals surface area contributed by atoms with Crippen molar-refractivity contribution in [3.63, 3.8) is 0 Å². The average molecular weight is 341 g/mol. The van der Waals surface area contributed by atoms with Gasteiger partial charge >= 0.3 is 5.97 Å². The third-order valence-electron chi connectivity index (χ3n) is 2.26. The van der Waals surface area contributed by atoms with Crippen molar-refractivity contribution in [2.24, 2.45) is 0 Å². The first-order valence-electron chi connectivity index (χ1n) is 5.28. The molecule has 1 aromatic heterocycles. The minimum absolute atomic E-state index is 0.113. The summed E-state index contributed by atoms with van der Waals surface area (Å²) in [6, 6.07) is 7.54. The molecule has 0 aliphatic heterocycles. The summed E-state index contributed by atoms with van der Waals surface area (Å²) < 4.78 is 0.932. The smallest absolute Gasteiger partial charge is 0.355 e. The quantitative estimate of drug-likeness (QED) is 0.896. The van der Waals surface area contributed by atoms with Crippen molar-refractivity contribution < 1.29 is 14.7 Å². The summed E-state index contributed by atoms with van der Waals surface area (Å²) in [6.45, 7) is 0.361. The van der Waals surface area contributed by atoms with E-state index in [1.165, 1.54) is 5.38 Å². The summed E-state index contributed by atoms with van der Waals surface area (Å²) in [5, 5.41) is 12.9. The Morgan fingerprint density at radius 3 is 2.84 bits per heavy atom. The zero-order valence-electron chi connectivity index (χ0n) is 9.59. The van der Waals surface area contributed by atoms with Crippen LogP contribution in [0.15, 0.2) is 34.1 Å². The van der Waals surface area contributed by atoms with Crippen molar-refractivity contribution >= 4 is 39.1 Å². The topological polar surface area (TPSA) is 79.3 Å². The minimum atomic E-state index is -1.14. The number of aromatic carboxylic acids is 1. The van der Waals surface area contributed by atoms with E-state index in [-0.39, 0.29) is 16.6 Å². The van der Waals surface area contributed by atoms with E-state index < -0.39 is 5.97 Å². The van der Waals surface area contributed by atoms with E-state index in [0.717, 1.165) is 21.4 Å². The van der Waals surface area contributed by atoms with Crippen LogP contribution in [0.25, 0.3) is 0 Å². The molecular formula is C12H9BrN2O3S. The number of halogens is 1. The molecule has 0 unspecified atom stereocenters. The SMILES string of the molecule is O=C(O)c1csc(C(=O)NCc2cccc(Br)c2)n1. The summed E-state index contributed by atoms with van der Waals surface area (Å²) in [5.41, 5.74) is 0.829. The zero-order valence-corrected chi connectivity index (χ0v) is 12.0. The van der Waals surface area contributed by atoms with Crippen LogP contribution >= 0.6 is 27.3 Å². The van der Waals surface area contributed by atoms with Crippen molar-refractivity contribution in [2.75, 3.05) is 0 Å². The van der Waals surface area contributed by atoms with Crippen LogP contribution in [0, 0.1) is 0 Å². The lowest BCUT2D eigenvalue weighted by Gasteiger charge is -2.03. The highest BCUT2D eigenvalue weighted by Gasteiger charge is 2.14. The van der Waals surface area contributed by atoms with E-state index in [1.807, 2.05) is 24.3 Å². The highest BCUT2D eigenvalue weighted by Crippen LogP contribution is 2.12. The highest BCUT2D eigenvalue weighted by atomic mass is 79.9. The molecule has 7 heteroatoms. The molecule has 19 heavy (non-hydrogen) atoms. The molecule has 1 amide bonds. The maximum Gasteiger partial charge on any atom is 0.355 e. The fourth-order valence-corrected chi connectivity index (χ4v) is 2.53. The van der Waals surface area contributed by atoms with Crippen molar-refractivity contribution in [2.45, 2.75) is 6.54 Å². The zero-order chi connectivity index (χ0) is 13.8. The molecule has 0 bridgehead atoms. The van der Waals surface area contributed by atoms with Gasteiger partial charge in [-0.05, 0) is 17.7 Å². The Hall–Kier alpha value is -1.73. The molecule has 2 rings (SSSR count). The Bertz CT molecular complexity index is 627. The van der Waals surface area contributed by atoms with E-state index >= 15 is 0 Å². The first kappa shape index (κ1) is 13.7. The third-order valence-corrected chi connectivity index (χ3v) is 3.59. The number of benzene rings is 1.